The van der Waals surface area contributed by atoms with E-state index < -0.39 is 11.6 Å². The van der Waals surface area contributed by atoms with Gasteiger partial charge in [-0.25, -0.2) is 4.79 Å². The number of ether oxygens (including phenoxy) is 1. The molecule has 1 amide bonds. The summed E-state index contributed by atoms with van der Waals surface area (Å²) < 4.78 is 6.68. The predicted molar refractivity (Wildman–Crippen MR) is 117 cm³/mol. The Labute approximate surface area is 183 Å². The minimum Gasteiger partial charge on any atom is -0.453 e. The molecule has 0 radical (unpaired) electrons. The minimum absolute atomic E-state index is 0.0398. The maximum atomic E-state index is 13.5. The molecular formula is C25H31N2O4+. The van der Waals surface area contributed by atoms with Crippen LogP contribution >= 0.6 is 0 Å². The average Bonchev–Trinajstić information content (AvgIpc) is 2.80. The molecule has 2 N–H and O–H groups in total. The number of likely N-dealkylation sites (N-methyl/N-ethyl adjacent to an activating group) is 1. The van der Waals surface area contributed by atoms with Crippen LogP contribution in [0.2, 0.25) is 0 Å². The molecule has 3 aliphatic rings. The lowest BCUT2D eigenvalue weighted by atomic mass is 9.82. The lowest BCUT2D eigenvalue weighted by Gasteiger charge is -2.51. The van der Waals surface area contributed by atoms with Gasteiger partial charge in [-0.1, -0.05) is 60.7 Å². The first kappa shape index (κ1) is 21.5. The number of rotatable bonds is 7. The lowest BCUT2D eigenvalue weighted by molar-refractivity contribution is -0.939. The van der Waals surface area contributed by atoms with Gasteiger partial charge in [-0.15, -0.1) is 0 Å². The van der Waals surface area contributed by atoms with Gasteiger partial charge in [0.25, 0.3) is 5.91 Å². The van der Waals surface area contributed by atoms with Crippen LogP contribution in [0.1, 0.15) is 30.9 Å². The fourth-order valence-electron chi connectivity index (χ4n) is 5.12. The van der Waals surface area contributed by atoms with E-state index in [4.69, 9.17) is 4.74 Å². The van der Waals surface area contributed by atoms with E-state index in [0.717, 1.165) is 25.9 Å². The van der Waals surface area contributed by atoms with Gasteiger partial charge in [-0.2, -0.15) is 0 Å². The summed E-state index contributed by atoms with van der Waals surface area (Å²) >= 11 is 0. The number of carbonyl (C=O) groups excluding carboxylic acids is 2. The predicted octanol–water partition coefficient (Wildman–Crippen LogP) is 2.21. The van der Waals surface area contributed by atoms with Crippen LogP contribution in [0.4, 0.5) is 0 Å². The van der Waals surface area contributed by atoms with Crippen LogP contribution < -0.4 is 5.32 Å². The van der Waals surface area contributed by atoms with Crippen LogP contribution in [0.25, 0.3) is 0 Å². The molecule has 3 aliphatic heterocycles. The second-order valence-electron chi connectivity index (χ2n) is 8.81. The van der Waals surface area contributed by atoms with E-state index in [1.54, 1.807) is 48.5 Å². The first-order valence-electron chi connectivity index (χ1n) is 11.1. The molecule has 31 heavy (non-hydrogen) atoms. The van der Waals surface area contributed by atoms with Crippen LogP contribution in [0.5, 0.6) is 0 Å². The summed E-state index contributed by atoms with van der Waals surface area (Å²) in [5, 5.41) is 14.5. The summed E-state index contributed by atoms with van der Waals surface area (Å²) in [6.07, 6.45) is 1.54. The third-order valence-corrected chi connectivity index (χ3v) is 6.83. The average molecular weight is 424 g/mol. The van der Waals surface area contributed by atoms with E-state index in [1.807, 2.05) is 19.1 Å². The number of benzene rings is 2. The monoisotopic (exact) mass is 423 g/mol. The molecule has 6 nitrogen and oxygen atoms in total. The van der Waals surface area contributed by atoms with Gasteiger partial charge in [-0.05, 0) is 18.1 Å². The van der Waals surface area contributed by atoms with Crippen molar-refractivity contribution in [3.8, 4) is 0 Å². The molecule has 0 aliphatic carbocycles. The maximum absolute atomic E-state index is 13.5. The number of hydrogen-bond acceptors (Lipinski definition) is 4. The van der Waals surface area contributed by atoms with Crippen molar-refractivity contribution in [3.05, 3.63) is 71.8 Å². The van der Waals surface area contributed by atoms with Gasteiger partial charge >= 0.3 is 5.97 Å². The summed E-state index contributed by atoms with van der Waals surface area (Å²) in [5.41, 5.74) is -0.906. The first-order chi connectivity index (χ1) is 15.0. The highest BCUT2D eigenvalue weighted by Crippen LogP contribution is 2.38. The van der Waals surface area contributed by atoms with Gasteiger partial charge < -0.3 is 19.6 Å². The van der Waals surface area contributed by atoms with Crippen molar-refractivity contribution in [2.75, 3.05) is 32.7 Å². The van der Waals surface area contributed by atoms with E-state index in [9.17, 15) is 14.7 Å². The molecule has 0 saturated carbocycles. The molecule has 3 heterocycles. The Morgan fingerprint density at radius 2 is 1.58 bits per heavy atom. The van der Waals surface area contributed by atoms with Crippen molar-refractivity contribution in [2.24, 2.45) is 5.92 Å². The van der Waals surface area contributed by atoms with Gasteiger partial charge in [0, 0.05) is 25.3 Å². The maximum Gasteiger partial charge on any atom is 0.348 e. The minimum atomic E-state index is -1.88. The zero-order valence-electron chi connectivity index (χ0n) is 18.0. The van der Waals surface area contributed by atoms with Gasteiger partial charge in [0.1, 0.15) is 6.54 Å². The number of nitrogens with zero attached hydrogens (tertiary/aromatic N) is 1. The zero-order valence-corrected chi connectivity index (χ0v) is 18.0. The largest absolute Gasteiger partial charge is 0.453 e. The zero-order chi connectivity index (χ0) is 21.9. The molecule has 2 aromatic carbocycles. The fraction of sp³-hybridized carbons (Fsp3) is 0.440. The second kappa shape index (κ2) is 8.81. The third kappa shape index (κ3) is 4.23. The normalized spacial score (nSPS) is 25.1. The Morgan fingerprint density at radius 1 is 1.03 bits per heavy atom. The summed E-state index contributed by atoms with van der Waals surface area (Å²) in [6, 6.07) is 17.9. The number of nitrogens with one attached hydrogen (secondary N) is 1. The number of esters is 1. The Kier molecular flexibility index (Phi) is 6.12. The first-order valence-corrected chi connectivity index (χ1v) is 11.1. The highest BCUT2D eigenvalue weighted by atomic mass is 16.6. The van der Waals surface area contributed by atoms with Crippen LogP contribution in [0.15, 0.2) is 60.7 Å². The topological polar surface area (TPSA) is 75.6 Å². The van der Waals surface area contributed by atoms with Crippen molar-refractivity contribution in [1.29, 1.82) is 0 Å². The lowest BCUT2D eigenvalue weighted by Crippen LogP contribution is -2.67. The number of amides is 1. The Hall–Kier alpha value is -2.70. The second-order valence-corrected chi connectivity index (χ2v) is 8.81. The number of carbonyl (C=O) groups is 2. The van der Waals surface area contributed by atoms with Gasteiger partial charge in [0.2, 0.25) is 5.60 Å². The van der Waals surface area contributed by atoms with Crippen LogP contribution in [-0.4, -0.2) is 60.3 Å². The number of quaternary nitrogens is 1. The summed E-state index contributed by atoms with van der Waals surface area (Å²) in [4.78, 5) is 25.8. The van der Waals surface area contributed by atoms with Gasteiger partial charge in [0.15, 0.2) is 12.6 Å². The summed E-state index contributed by atoms with van der Waals surface area (Å²) in [7, 11) is 0. The molecule has 0 unspecified atom stereocenters. The SMILES string of the molecule is CCNC(=O)C[N+]12CCC(CC1)[C@@H](OC(=O)C(O)(c1ccccc1)c1ccccc1)C2. The molecule has 164 valence electrons. The number of fused-ring (bicyclic) bond motifs is 3. The third-order valence-electron chi connectivity index (χ3n) is 6.83. The van der Waals surface area contributed by atoms with Crippen LogP contribution in [0.3, 0.4) is 0 Å². The van der Waals surface area contributed by atoms with Crippen LogP contribution in [0, 0.1) is 5.92 Å². The molecule has 2 aromatic rings. The van der Waals surface area contributed by atoms with E-state index in [0.29, 0.717) is 35.2 Å². The number of aliphatic hydroxyl groups is 1. The number of hydrogen-bond donors (Lipinski definition) is 2. The molecule has 6 heteroatoms. The quantitative estimate of drug-likeness (QED) is 0.529. The van der Waals surface area contributed by atoms with Crippen molar-refractivity contribution in [1.82, 2.24) is 5.32 Å². The Balaban J connectivity index is 1.57. The highest BCUT2D eigenvalue weighted by molar-refractivity contribution is 5.85. The smallest absolute Gasteiger partial charge is 0.348 e. The van der Waals surface area contributed by atoms with E-state index in [1.165, 1.54) is 0 Å². The molecular weight excluding hydrogens is 392 g/mol. The fourth-order valence-corrected chi connectivity index (χ4v) is 5.12. The van der Waals surface area contributed by atoms with E-state index in [2.05, 4.69) is 5.32 Å². The Morgan fingerprint density at radius 3 is 2.10 bits per heavy atom. The molecule has 0 spiro atoms. The van der Waals surface area contributed by atoms with Crippen molar-refractivity contribution in [2.45, 2.75) is 31.5 Å². The molecule has 2 bridgehead atoms. The Bertz CT molecular complexity index is 868. The molecule has 5 rings (SSSR count). The molecule has 1 atom stereocenters. The van der Waals surface area contributed by atoms with Crippen molar-refractivity contribution in [3.63, 3.8) is 0 Å². The van der Waals surface area contributed by atoms with Gasteiger partial charge in [-0.3, -0.25) is 4.79 Å². The number of piperidine rings is 3. The van der Waals surface area contributed by atoms with Crippen molar-refractivity contribution < 1.29 is 23.9 Å². The van der Waals surface area contributed by atoms with Crippen molar-refractivity contribution >= 4 is 11.9 Å². The summed E-state index contributed by atoms with van der Waals surface area (Å²) in [6.45, 7) is 5.42. The summed E-state index contributed by atoms with van der Waals surface area (Å²) in [5.74, 6) is -0.341. The highest BCUT2D eigenvalue weighted by Gasteiger charge is 2.51. The molecule has 3 saturated heterocycles. The van der Waals surface area contributed by atoms with E-state index in [-0.39, 0.29) is 17.9 Å². The van der Waals surface area contributed by atoms with E-state index >= 15 is 0 Å². The molecule has 3 fully saturated rings. The van der Waals surface area contributed by atoms with Gasteiger partial charge in [0.05, 0.1) is 13.1 Å². The standard InChI is InChI=1S/C25H30N2O4/c1-2-26-23(28)18-27-15-13-19(14-16-27)22(17-27)31-24(29)25(30,20-9-5-3-6-10-20)21-11-7-4-8-12-21/h3-12,19,22,30H,2,13-18H2,1H3/p+1/t19?,22-,27?/m0/s1. The van der Waals surface area contributed by atoms with Crippen LogP contribution in [-0.2, 0) is 19.9 Å². The molecule has 0 aromatic heterocycles.